The second-order valence-electron chi connectivity index (χ2n) is 5.24. The molecule has 0 amide bonds. The van der Waals surface area contributed by atoms with Gasteiger partial charge in [0.2, 0.25) is 0 Å². The summed E-state index contributed by atoms with van der Waals surface area (Å²) in [7, 11) is 0. The summed E-state index contributed by atoms with van der Waals surface area (Å²) in [5.41, 5.74) is 9.78. The second-order valence-corrected chi connectivity index (χ2v) is 5.24. The summed E-state index contributed by atoms with van der Waals surface area (Å²) < 4.78 is 5.82. The first kappa shape index (κ1) is 14.6. The summed E-state index contributed by atoms with van der Waals surface area (Å²) >= 11 is 0. The molecule has 0 heterocycles. The van der Waals surface area contributed by atoms with Crippen LogP contribution >= 0.6 is 0 Å². The Kier molecular flexibility index (Phi) is 5.19. The van der Waals surface area contributed by atoms with E-state index >= 15 is 0 Å². The lowest BCUT2D eigenvalue weighted by molar-refractivity contribution is 0.298. The van der Waals surface area contributed by atoms with E-state index in [-0.39, 0.29) is 0 Å². The highest BCUT2D eigenvalue weighted by Crippen LogP contribution is 2.22. The molecule has 0 fully saturated rings. The maximum Gasteiger partial charge on any atom is 0.119 e. The van der Waals surface area contributed by atoms with Gasteiger partial charge >= 0.3 is 0 Å². The molecule has 1 atom stereocenters. The van der Waals surface area contributed by atoms with Gasteiger partial charge in [-0.15, -0.1) is 0 Å². The molecule has 2 nitrogen and oxygen atoms in total. The maximum atomic E-state index is 5.92. The lowest BCUT2D eigenvalue weighted by Gasteiger charge is -2.18. The quantitative estimate of drug-likeness (QED) is 0.865. The average molecular weight is 269 g/mol. The fraction of sp³-hybridized carbons (Fsp3) is 0.333. The van der Waals surface area contributed by atoms with E-state index in [4.69, 9.17) is 10.5 Å². The molecule has 0 aliphatic carbocycles. The van der Waals surface area contributed by atoms with Crippen LogP contribution in [0, 0.1) is 13.8 Å². The third-order valence-electron chi connectivity index (χ3n) is 3.64. The van der Waals surface area contributed by atoms with E-state index in [2.05, 4.69) is 50.2 Å². The van der Waals surface area contributed by atoms with Crippen molar-refractivity contribution in [1.29, 1.82) is 0 Å². The number of benzene rings is 2. The Morgan fingerprint density at radius 1 is 1.05 bits per heavy atom. The van der Waals surface area contributed by atoms with Crippen LogP contribution in [0.3, 0.4) is 0 Å². The Bertz CT molecular complexity index is 551. The molecule has 2 N–H and O–H groups in total. The van der Waals surface area contributed by atoms with Crippen LogP contribution in [0.5, 0.6) is 5.75 Å². The number of nitrogens with two attached hydrogens (primary N) is 1. The number of aryl methyl sites for hydroxylation is 2. The third-order valence-corrected chi connectivity index (χ3v) is 3.64. The molecule has 0 aliphatic heterocycles. The second kappa shape index (κ2) is 7.11. The van der Waals surface area contributed by atoms with Crippen molar-refractivity contribution < 1.29 is 4.74 Å². The number of hydrogen-bond donors (Lipinski definition) is 1. The molecular formula is C18H23NO. The Morgan fingerprint density at radius 2 is 1.85 bits per heavy atom. The molecule has 0 radical (unpaired) electrons. The van der Waals surface area contributed by atoms with Crippen molar-refractivity contribution in [2.24, 2.45) is 5.73 Å². The van der Waals surface area contributed by atoms with Gasteiger partial charge in [0.25, 0.3) is 0 Å². The van der Waals surface area contributed by atoms with Crippen LogP contribution in [0.25, 0.3) is 0 Å². The first-order chi connectivity index (χ1) is 9.70. The fourth-order valence-corrected chi connectivity index (χ4v) is 2.47. The van der Waals surface area contributed by atoms with Crippen LogP contribution in [-0.2, 0) is 0 Å². The van der Waals surface area contributed by atoms with Gasteiger partial charge in [0, 0.05) is 0 Å². The molecule has 0 saturated heterocycles. The highest BCUT2D eigenvalue weighted by molar-refractivity contribution is 5.30. The summed E-state index contributed by atoms with van der Waals surface area (Å²) in [6.07, 6.45) is 0.940. The molecule has 106 valence electrons. The van der Waals surface area contributed by atoms with E-state index < -0.39 is 0 Å². The van der Waals surface area contributed by atoms with Gasteiger partial charge in [-0.1, -0.05) is 36.4 Å². The van der Waals surface area contributed by atoms with Crippen LogP contribution < -0.4 is 10.5 Å². The van der Waals surface area contributed by atoms with E-state index in [0.29, 0.717) is 19.1 Å². The van der Waals surface area contributed by atoms with Gasteiger partial charge in [-0.05, 0) is 61.6 Å². The SMILES string of the molecule is Cc1cccc(OCCC(CN)c2ccccc2C)c1. The van der Waals surface area contributed by atoms with Gasteiger partial charge in [0.1, 0.15) is 5.75 Å². The molecule has 0 spiro atoms. The zero-order valence-corrected chi connectivity index (χ0v) is 12.3. The van der Waals surface area contributed by atoms with Crippen molar-refractivity contribution in [3.63, 3.8) is 0 Å². The molecular weight excluding hydrogens is 246 g/mol. The van der Waals surface area contributed by atoms with E-state index in [0.717, 1.165) is 12.2 Å². The molecule has 0 aromatic heterocycles. The van der Waals surface area contributed by atoms with Crippen molar-refractivity contribution in [3.05, 3.63) is 65.2 Å². The Balaban J connectivity index is 1.93. The minimum atomic E-state index is 0.362. The van der Waals surface area contributed by atoms with Crippen molar-refractivity contribution in [1.82, 2.24) is 0 Å². The van der Waals surface area contributed by atoms with Crippen molar-refractivity contribution in [2.75, 3.05) is 13.2 Å². The molecule has 1 unspecified atom stereocenters. The summed E-state index contributed by atoms with van der Waals surface area (Å²) in [6, 6.07) is 16.6. The molecule has 0 saturated carbocycles. The third kappa shape index (κ3) is 3.84. The molecule has 20 heavy (non-hydrogen) atoms. The molecule has 2 rings (SSSR count). The van der Waals surface area contributed by atoms with Gasteiger partial charge in [-0.2, -0.15) is 0 Å². The lowest BCUT2D eigenvalue weighted by atomic mass is 9.92. The lowest BCUT2D eigenvalue weighted by Crippen LogP contribution is -2.16. The first-order valence-corrected chi connectivity index (χ1v) is 7.15. The molecule has 2 aromatic rings. The topological polar surface area (TPSA) is 35.2 Å². The minimum Gasteiger partial charge on any atom is -0.494 e. The summed E-state index contributed by atoms with van der Waals surface area (Å²) in [6.45, 7) is 5.56. The molecule has 2 heteroatoms. The molecule has 0 aliphatic rings. The number of rotatable bonds is 6. The smallest absolute Gasteiger partial charge is 0.119 e. The van der Waals surface area contributed by atoms with Crippen molar-refractivity contribution in [3.8, 4) is 5.75 Å². The van der Waals surface area contributed by atoms with Gasteiger partial charge in [0.05, 0.1) is 6.61 Å². The highest BCUT2D eigenvalue weighted by Gasteiger charge is 2.11. The zero-order valence-electron chi connectivity index (χ0n) is 12.3. The standard InChI is InChI=1S/C18H23NO/c1-14-6-5-8-17(12-14)20-11-10-16(13-19)18-9-4-3-7-15(18)2/h3-9,12,16H,10-11,13,19H2,1-2H3. The molecule has 0 bridgehead atoms. The summed E-state index contributed by atoms with van der Waals surface area (Å²) in [4.78, 5) is 0. The van der Waals surface area contributed by atoms with Crippen LogP contribution in [0.4, 0.5) is 0 Å². The predicted octanol–water partition coefficient (Wildman–Crippen LogP) is 3.81. The summed E-state index contributed by atoms with van der Waals surface area (Å²) in [5.74, 6) is 1.30. The Labute approximate surface area is 121 Å². The van der Waals surface area contributed by atoms with Crippen LogP contribution in [0.2, 0.25) is 0 Å². The van der Waals surface area contributed by atoms with Gasteiger partial charge in [-0.3, -0.25) is 0 Å². The monoisotopic (exact) mass is 269 g/mol. The predicted molar refractivity (Wildman–Crippen MR) is 84.3 cm³/mol. The maximum absolute atomic E-state index is 5.92. The van der Waals surface area contributed by atoms with Crippen LogP contribution in [0.1, 0.15) is 29.0 Å². The van der Waals surface area contributed by atoms with E-state index in [1.807, 2.05) is 12.1 Å². The minimum absolute atomic E-state index is 0.362. The van der Waals surface area contributed by atoms with Gasteiger partial charge in [0.15, 0.2) is 0 Å². The Morgan fingerprint density at radius 3 is 2.55 bits per heavy atom. The Hall–Kier alpha value is -1.80. The van der Waals surface area contributed by atoms with Crippen molar-refractivity contribution >= 4 is 0 Å². The van der Waals surface area contributed by atoms with Crippen molar-refractivity contribution in [2.45, 2.75) is 26.2 Å². The van der Waals surface area contributed by atoms with E-state index in [1.165, 1.54) is 16.7 Å². The largest absolute Gasteiger partial charge is 0.494 e. The first-order valence-electron chi connectivity index (χ1n) is 7.15. The van der Waals surface area contributed by atoms with Crippen LogP contribution in [0.15, 0.2) is 48.5 Å². The highest BCUT2D eigenvalue weighted by atomic mass is 16.5. The normalized spacial score (nSPS) is 12.2. The fourth-order valence-electron chi connectivity index (χ4n) is 2.47. The number of hydrogen-bond acceptors (Lipinski definition) is 2. The van der Waals surface area contributed by atoms with Gasteiger partial charge < -0.3 is 10.5 Å². The van der Waals surface area contributed by atoms with E-state index in [1.54, 1.807) is 0 Å². The van der Waals surface area contributed by atoms with Crippen LogP contribution in [-0.4, -0.2) is 13.2 Å². The average Bonchev–Trinajstić information content (AvgIpc) is 2.45. The van der Waals surface area contributed by atoms with E-state index in [9.17, 15) is 0 Å². The molecule has 2 aromatic carbocycles. The summed E-state index contributed by atoms with van der Waals surface area (Å²) in [5, 5.41) is 0. The van der Waals surface area contributed by atoms with Gasteiger partial charge in [-0.25, -0.2) is 0 Å². The zero-order chi connectivity index (χ0) is 14.4. The number of ether oxygens (including phenoxy) is 1.